The molecular formula is C5H5Cl2N3. The first-order chi connectivity index (χ1) is 4.74. The zero-order chi connectivity index (χ0) is 7.56. The Balaban J connectivity index is 3.09. The Morgan fingerprint density at radius 1 is 1.40 bits per heavy atom. The fourth-order valence-electron chi connectivity index (χ4n) is 0.531. The Morgan fingerprint density at radius 3 is 2.60 bits per heavy atom. The highest BCUT2D eigenvalue weighted by Crippen LogP contribution is 2.13. The number of aromatic nitrogens is 2. The van der Waals surface area contributed by atoms with Gasteiger partial charge in [0.05, 0.1) is 0 Å². The minimum atomic E-state index is 0.310. The van der Waals surface area contributed by atoms with E-state index in [2.05, 4.69) is 10.2 Å². The second-order valence-electron chi connectivity index (χ2n) is 1.69. The molecule has 0 bridgehead atoms. The van der Waals surface area contributed by atoms with Gasteiger partial charge in [0.25, 0.3) is 0 Å². The third-order valence-corrected chi connectivity index (χ3v) is 1.51. The fraction of sp³-hybridized carbons (Fsp3) is 0.200. The third kappa shape index (κ3) is 1.56. The number of nitrogens with zero attached hydrogens (tertiary/aromatic N) is 2. The Morgan fingerprint density at radius 2 is 2.10 bits per heavy atom. The maximum absolute atomic E-state index is 5.58. The lowest BCUT2D eigenvalue weighted by Gasteiger charge is -1.96. The molecule has 0 atom stereocenters. The van der Waals surface area contributed by atoms with Gasteiger partial charge in [-0.1, -0.05) is 23.2 Å². The van der Waals surface area contributed by atoms with Gasteiger partial charge in [-0.2, -0.15) is 0 Å². The molecule has 2 N–H and O–H groups in total. The molecule has 1 aromatic heterocycles. The van der Waals surface area contributed by atoms with Crippen LogP contribution in [0.25, 0.3) is 0 Å². The topological polar surface area (TPSA) is 51.8 Å². The summed E-state index contributed by atoms with van der Waals surface area (Å²) in [4.78, 5) is 0. The van der Waals surface area contributed by atoms with E-state index in [1.165, 1.54) is 0 Å². The summed E-state index contributed by atoms with van der Waals surface area (Å²) in [6, 6.07) is 1.59. The first kappa shape index (κ1) is 7.72. The van der Waals surface area contributed by atoms with Crippen molar-refractivity contribution >= 4 is 23.2 Å². The van der Waals surface area contributed by atoms with Gasteiger partial charge < -0.3 is 5.73 Å². The van der Waals surface area contributed by atoms with E-state index in [0.717, 1.165) is 0 Å². The molecule has 0 radical (unpaired) electrons. The van der Waals surface area contributed by atoms with Gasteiger partial charge in [-0.15, -0.1) is 10.2 Å². The highest BCUT2D eigenvalue weighted by Gasteiger charge is 2.00. The maximum Gasteiger partial charge on any atom is 0.156 e. The summed E-state index contributed by atoms with van der Waals surface area (Å²) in [5.74, 6) is 0. The molecule has 0 fully saturated rings. The minimum Gasteiger partial charge on any atom is -0.326 e. The standard InChI is InChI=1S/C5H5Cl2N3/c6-4-1-3(2-8)5(7)10-9-4/h1H,2,8H2. The van der Waals surface area contributed by atoms with Crippen molar-refractivity contribution in [2.24, 2.45) is 5.73 Å². The van der Waals surface area contributed by atoms with Crippen molar-refractivity contribution in [3.8, 4) is 0 Å². The molecule has 0 aromatic carbocycles. The Bertz CT molecular complexity index is 238. The van der Waals surface area contributed by atoms with E-state index in [1.54, 1.807) is 6.07 Å². The molecule has 1 aromatic rings. The van der Waals surface area contributed by atoms with Gasteiger partial charge in [0.1, 0.15) is 0 Å². The maximum atomic E-state index is 5.58. The molecule has 1 rings (SSSR count). The van der Waals surface area contributed by atoms with Crippen molar-refractivity contribution in [2.45, 2.75) is 6.54 Å². The van der Waals surface area contributed by atoms with Crippen LogP contribution in [0.3, 0.4) is 0 Å². The van der Waals surface area contributed by atoms with E-state index < -0.39 is 0 Å². The van der Waals surface area contributed by atoms with Gasteiger partial charge in [0.2, 0.25) is 0 Å². The Hall–Kier alpha value is -0.380. The van der Waals surface area contributed by atoms with Gasteiger partial charge in [0.15, 0.2) is 10.3 Å². The van der Waals surface area contributed by atoms with E-state index in [1.807, 2.05) is 0 Å². The van der Waals surface area contributed by atoms with Crippen LogP contribution in [-0.2, 0) is 6.54 Å². The predicted octanol–water partition coefficient (Wildman–Crippen LogP) is 1.24. The number of hydrogen-bond donors (Lipinski definition) is 1. The quantitative estimate of drug-likeness (QED) is 0.703. The number of nitrogens with two attached hydrogens (primary N) is 1. The molecule has 0 saturated heterocycles. The van der Waals surface area contributed by atoms with E-state index in [9.17, 15) is 0 Å². The number of hydrogen-bond acceptors (Lipinski definition) is 3. The summed E-state index contributed by atoms with van der Waals surface area (Å²) in [5, 5.41) is 7.69. The van der Waals surface area contributed by atoms with Crippen LogP contribution in [0, 0.1) is 0 Å². The monoisotopic (exact) mass is 177 g/mol. The molecule has 10 heavy (non-hydrogen) atoms. The molecule has 0 aliphatic carbocycles. The van der Waals surface area contributed by atoms with Gasteiger partial charge in [-0.05, 0) is 6.07 Å². The van der Waals surface area contributed by atoms with Crippen LogP contribution in [0.15, 0.2) is 6.07 Å². The Labute approximate surface area is 68.2 Å². The van der Waals surface area contributed by atoms with Crippen LogP contribution in [0.1, 0.15) is 5.56 Å². The third-order valence-electron chi connectivity index (χ3n) is 1.01. The SMILES string of the molecule is NCc1cc(Cl)nnc1Cl. The predicted molar refractivity (Wildman–Crippen MR) is 39.9 cm³/mol. The minimum absolute atomic E-state index is 0.310. The summed E-state index contributed by atoms with van der Waals surface area (Å²) in [7, 11) is 0. The largest absolute Gasteiger partial charge is 0.326 e. The van der Waals surface area contributed by atoms with E-state index in [-0.39, 0.29) is 0 Å². The smallest absolute Gasteiger partial charge is 0.156 e. The molecular weight excluding hydrogens is 173 g/mol. The lowest BCUT2D eigenvalue weighted by atomic mass is 10.3. The molecule has 0 aliphatic rings. The van der Waals surface area contributed by atoms with Crippen LogP contribution in [0.5, 0.6) is 0 Å². The summed E-state index contributed by atoms with van der Waals surface area (Å²) >= 11 is 11.1. The van der Waals surface area contributed by atoms with Crippen molar-refractivity contribution in [1.29, 1.82) is 0 Å². The molecule has 0 amide bonds. The summed E-state index contributed by atoms with van der Waals surface area (Å²) in [5.41, 5.74) is 6.02. The highest BCUT2D eigenvalue weighted by molar-refractivity contribution is 6.31. The van der Waals surface area contributed by atoms with E-state index in [0.29, 0.717) is 22.4 Å². The second kappa shape index (κ2) is 3.14. The zero-order valence-corrected chi connectivity index (χ0v) is 6.52. The van der Waals surface area contributed by atoms with Crippen molar-refractivity contribution in [1.82, 2.24) is 10.2 Å². The molecule has 0 unspecified atom stereocenters. The first-order valence-electron chi connectivity index (χ1n) is 2.61. The van der Waals surface area contributed by atoms with Crippen LogP contribution in [-0.4, -0.2) is 10.2 Å². The average molecular weight is 178 g/mol. The second-order valence-corrected chi connectivity index (χ2v) is 2.43. The van der Waals surface area contributed by atoms with Gasteiger partial charge in [-0.3, -0.25) is 0 Å². The lowest BCUT2D eigenvalue weighted by molar-refractivity contribution is 0.967. The summed E-state index contributed by atoms with van der Waals surface area (Å²) in [6.07, 6.45) is 0. The van der Waals surface area contributed by atoms with Crippen molar-refractivity contribution in [3.05, 3.63) is 21.9 Å². The molecule has 1 heterocycles. The molecule has 0 saturated carbocycles. The summed E-state index contributed by atoms with van der Waals surface area (Å²) in [6.45, 7) is 0.327. The van der Waals surface area contributed by atoms with Crippen LogP contribution >= 0.6 is 23.2 Å². The number of halogens is 2. The first-order valence-corrected chi connectivity index (χ1v) is 3.37. The number of rotatable bonds is 1. The van der Waals surface area contributed by atoms with Crippen molar-refractivity contribution in [3.63, 3.8) is 0 Å². The lowest BCUT2D eigenvalue weighted by Crippen LogP contribution is -1.99. The van der Waals surface area contributed by atoms with Crippen LogP contribution < -0.4 is 5.73 Å². The average Bonchev–Trinajstić information content (AvgIpc) is 1.94. The van der Waals surface area contributed by atoms with Gasteiger partial charge >= 0.3 is 0 Å². The van der Waals surface area contributed by atoms with Gasteiger partial charge in [-0.25, -0.2) is 0 Å². The molecule has 3 nitrogen and oxygen atoms in total. The summed E-state index contributed by atoms with van der Waals surface area (Å²) < 4.78 is 0. The van der Waals surface area contributed by atoms with Crippen molar-refractivity contribution < 1.29 is 0 Å². The highest BCUT2D eigenvalue weighted by atomic mass is 35.5. The molecule has 0 spiro atoms. The fourth-order valence-corrected chi connectivity index (χ4v) is 0.870. The normalized spacial score (nSPS) is 9.90. The van der Waals surface area contributed by atoms with E-state index in [4.69, 9.17) is 28.9 Å². The van der Waals surface area contributed by atoms with Crippen molar-refractivity contribution in [2.75, 3.05) is 0 Å². The van der Waals surface area contributed by atoms with Crippen LogP contribution in [0.2, 0.25) is 10.3 Å². The zero-order valence-electron chi connectivity index (χ0n) is 5.01. The Kier molecular flexibility index (Phi) is 2.43. The molecule has 5 heteroatoms. The molecule has 0 aliphatic heterocycles. The van der Waals surface area contributed by atoms with E-state index >= 15 is 0 Å². The van der Waals surface area contributed by atoms with Crippen LogP contribution in [0.4, 0.5) is 0 Å². The van der Waals surface area contributed by atoms with Gasteiger partial charge in [0, 0.05) is 12.1 Å². The molecule has 54 valence electrons.